The highest BCUT2D eigenvalue weighted by Crippen LogP contribution is 2.45. The van der Waals surface area contributed by atoms with E-state index in [2.05, 4.69) is 10.3 Å². The van der Waals surface area contributed by atoms with Gasteiger partial charge in [-0.3, -0.25) is 4.98 Å². The third-order valence-electron chi connectivity index (χ3n) is 5.80. The zero-order valence-electron chi connectivity index (χ0n) is 18.5. The fourth-order valence-corrected chi connectivity index (χ4v) is 4.65. The molecule has 0 unspecified atom stereocenters. The Morgan fingerprint density at radius 3 is 2.66 bits per heavy atom. The van der Waals surface area contributed by atoms with Crippen LogP contribution >= 0.6 is 23.8 Å². The van der Waals surface area contributed by atoms with Gasteiger partial charge in [0.15, 0.2) is 5.11 Å². The quantitative estimate of drug-likeness (QED) is 0.265. The molecule has 0 spiro atoms. The second-order valence-electron chi connectivity index (χ2n) is 7.90. The number of aromatic nitrogens is 1. The number of phenolic OH excluding ortho intramolecular Hbond substituents is 1. The van der Waals surface area contributed by atoms with Crippen LogP contribution in [0.3, 0.4) is 0 Å². The van der Waals surface area contributed by atoms with E-state index in [0.29, 0.717) is 32.9 Å². The van der Waals surface area contributed by atoms with Gasteiger partial charge in [0.25, 0.3) is 0 Å². The zero-order chi connectivity index (χ0) is 24.5. The molecule has 176 valence electrons. The second kappa shape index (κ2) is 9.40. The van der Waals surface area contributed by atoms with Gasteiger partial charge in [-0.15, -0.1) is 0 Å². The van der Waals surface area contributed by atoms with Crippen molar-refractivity contribution in [3.63, 3.8) is 0 Å². The number of anilines is 1. The molecule has 0 bridgehead atoms. The van der Waals surface area contributed by atoms with Crippen molar-refractivity contribution in [2.24, 2.45) is 0 Å². The molecule has 35 heavy (non-hydrogen) atoms. The number of carbonyl (C=O) groups is 1. The molecule has 7 nitrogen and oxygen atoms in total. The number of rotatable bonds is 5. The Kier molecular flexibility index (Phi) is 6.15. The largest absolute Gasteiger partial charge is 0.506 e. The maximum Gasteiger partial charge on any atom is 0.337 e. The molecule has 1 fully saturated rings. The number of hydrogen-bond acceptors (Lipinski definition) is 6. The van der Waals surface area contributed by atoms with Gasteiger partial charge in [0, 0.05) is 16.8 Å². The van der Waals surface area contributed by atoms with Gasteiger partial charge in [-0.05, 0) is 66.8 Å². The summed E-state index contributed by atoms with van der Waals surface area (Å²) in [7, 11) is 1.34. The Morgan fingerprint density at radius 2 is 1.94 bits per heavy atom. The summed E-state index contributed by atoms with van der Waals surface area (Å²) >= 11 is 11.9. The maximum absolute atomic E-state index is 11.8. The number of esters is 1. The minimum atomic E-state index is -0.454. The van der Waals surface area contributed by atoms with Crippen LogP contribution in [0, 0.1) is 0 Å². The van der Waals surface area contributed by atoms with E-state index in [1.165, 1.54) is 13.2 Å². The number of halogens is 1. The highest BCUT2D eigenvalue weighted by Gasteiger charge is 2.43. The number of carbonyl (C=O) groups excluding carboxylic acids is 1. The molecule has 2 aromatic heterocycles. The first kappa shape index (κ1) is 22.9. The average Bonchev–Trinajstić information content (AvgIpc) is 3.50. The van der Waals surface area contributed by atoms with Gasteiger partial charge < -0.3 is 24.5 Å². The smallest absolute Gasteiger partial charge is 0.337 e. The van der Waals surface area contributed by atoms with Gasteiger partial charge in [0.05, 0.1) is 30.1 Å². The molecule has 2 N–H and O–H groups in total. The van der Waals surface area contributed by atoms with Gasteiger partial charge in [-0.2, -0.15) is 0 Å². The van der Waals surface area contributed by atoms with Crippen LogP contribution in [0.1, 0.15) is 33.9 Å². The Bertz CT molecular complexity index is 1390. The SMILES string of the molecule is COC(=O)c1ccc(-c2ccc([C@H]3[C@H](c4ccccn4)NC(=S)N3c3cc(Cl)ccc3O)o2)cc1. The predicted molar refractivity (Wildman–Crippen MR) is 137 cm³/mol. The number of nitrogens with one attached hydrogen (secondary N) is 1. The van der Waals surface area contributed by atoms with Gasteiger partial charge in [-0.1, -0.05) is 29.8 Å². The Labute approximate surface area is 211 Å². The highest BCUT2D eigenvalue weighted by atomic mass is 35.5. The maximum atomic E-state index is 11.8. The molecule has 9 heteroatoms. The van der Waals surface area contributed by atoms with E-state index in [4.69, 9.17) is 33.0 Å². The monoisotopic (exact) mass is 505 g/mol. The fourth-order valence-electron chi connectivity index (χ4n) is 4.15. The Hall–Kier alpha value is -3.88. The molecular weight excluding hydrogens is 486 g/mol. The number of pyridine rings is 1. The summed E-state index contributed by atoms with van der Waals surface area (Å²) in [6.45, 7) is 0. The molecular formula is C26H20ClN3O4S. The molecule has 1 aliphatic heterocycles. The highest BCUT2D eigenvalue weighted by molar-refractivity contribution is 7.80. The van der Waals surface area contributed by atoms with Crippen molar-refractivity contribution in [1.29, 1.82) is 0 Å². The lowest BCUT2D eigenvalue weighted by atomic mass is 10.0. The number of phenols is 1. The molecule has 0 aliphatic carbocycles. The van der Waals surface area contributed by atoms with E-state index >= 15 is 0 Å². The van der Waals surface area contributed by atoms with Crippen LogP contribution in [0.25, 0.3) is 11.3 Å². The van der Waals surface area contributed by atoms with Crippen molar-refractivity contribution >= 4 is 40.6 Å². The zero-order valence-corrected chi connectivity index (χ0v) is 20.1. The lowest BCUT2D eigenvalue weighted by Crippen LogP contribution is -2.29. The summed E-state index contributed by atoms with van der Waals surface area (Å²) in [5.41, 5.74) is 2.47. The van der Waals surface area contributed by atoms with Crippen LogP contribution in [-0.2, 0) is 4.74 Å². The molecule has 1 saturated heterocycles. The first-order valence-corrected chi connectivity index (χ1v) is 11.5. The number of hydrogen-bond donors (Lipinski definition) is 2. The minimum Gasteiger partial charge on any atom is -0.506 e. The van der Waals surface area contributed by atoms with E-state index < -0.39 is 12.0 Å². The topological polar surface area (TPSA) is 87.8 Å². The number of methoxy groups -OCH3 is 1. The van der Waals surface area contributed by atoms with Gasteiger partial charge in [-0.25, -0.2) is 4.79 Å². The number of thiocarbonyl (C=S) groups is 1. The Morgan fingerprint density at radius 1 is 1.14 bits per heavy atom. The van der Waals surface area contributed by atoms with Crippen molar-refractivity contribution in [1.82, 2.24) is 10.3 Å². The molecule has 1 aliphatic rings. The van der Waals surface area contributed by atoms with Crippen LogP contribution < -0.4 is 10.2 Å². The summed E-state index contributed by atoms with van der Waals surface area (Å²) in [5.74, 6) is 0.858. The first-order chi connectivity index (χ1) is 17.0. The molecule has 2 atom stereocenters. The average molecular weight is 506 g/mol. The van der Waals surface area contributed by atoms with E-state index in [1.54, 1.807) is 47.5 Å². The third kappa shape index (κ3) is 4.34. The number of aromatic hydroxyl groups is 1. The molecule has 0 amide bonds. The summed E-state index contributed by atoms with van der Waals surface area (Å²) in [6, 6.07) is 20.3. The number of benzene rings is 2. The van der Waals surface area contributed by atoms with Crippen LogP contribution in [0.2, 0.25) is 5.02 Å². The van der Waals surface area contributed by atoms with Crippen molar-refractivity contribution in [2.75, 3.05) is 12.0 Å². The third-order valence-corrected chi connectivity index (χ3v) is 6.35. The summed E-state index contributed by atoms with van der Waals surface area (Å²) in [6.07, 6.45) is 1.72. The molecule has 3 heterocycles. The van der Waals surface area contributed by atoms with E-state index in [0.717, 1.165) is 11.3 Å². The summed E-state index contributed by atoms with van der Waals surface area (Å²) in [4.78, 5) is 18.1. The van der Waals surface area contributed by atoms with Crippen LogP contribution in [0.4, 0.5) is 5.69 Å². The number of nitrogens with zero attached hydrogens (tertiary/aromatic N) is 2. The number of ether oxygens (including phenoxy) is 1. The summed E-state index contributed by atoms with van der Waals surface area (Å²) < 4.78 is 11.1. The van der Waals surface area contributed by atoms with Crippen molar-refractivity contribution in [3.8, 4) is 17.1 Å². The van der Waals surface area contributed by atoms with Gasteiger partial charge in [0.1, 0.15) is 23.3 Å². The van der Waals surface area contributed by atoms with E-state index in [-0.39, 0.29) is 11.8 Å². The molecule has 5 rings (SSSR count). The van der Waals surface area contributed by atoms with E-state index in [1.807, 2.05) is 30.3 Å². The van der Waals surface area contributed by atoms with Crippen LogP contribution in [0.5, 0.6) is 5.75 Å². The first-order valence-electron chi connectivity index (χ1n) is 10.7. The molecule has 0 saturated carbocycles. The minimum absolute atomic E-state index is 0.0374. The second-order valence-corrected chi connectivity index (χ2v) is 8.72. The number of furan rings is 1. The fraction of sp³-hybridized carbons (Fsp3) is 0.115. The standard InChI is InChI=1S/C26H20ClN3O4S/c1-33-25(32)16-7-5-15(6-8-16)21-11-12-22(34-21)24-23(18-4-2-3-13-28-18)29-26(35)30(24)19-14-17(27)9-10-20(19)31/h2-14,23-24,31H,1H3,(H,29,35)/t23-,24-/m0/s1. The van der Waals surface area contributed by atoms with Crippen molar-refractivity contribution in [3.05, 3.63) is 101 Å². The predicted octanol–water partition coefficient (Wildman–Crippen LogP) is 5.66. The van der Waals surface area contributed by atoms with Crippen molar-refractivity contribution in [2.45, 2.75) is 12.1 Å². The normalized spacial score (nSPS) is 17.3. The summed E-state index contributed by atoms with van der Waals surface area (Å²) in [5, 5.41) is 14.8. The molecule has 4 aromatic rings. The Balaban J connectivity index is 1.57. The van der Waals surface area contributed by atoms with Crippen molar-refractivity contribution < 1.29 is 19.1 Å². The van der Waals surface area contributed by atoms with Gasteiger partial charge >= 0.3 is 5.97 Å². The van der Waals surface area contributed by atoms with E-state index in [9.17, 15) is 9.90 Å². The van der Waals surface area contributed by atoms with Crippen LogP contribution in [-0.4, -0.2) is 28.3 Å². The molecule has 2 aromatic carbocycles. The van der Waals surface area contributed by atoms with Gasteiger partial charge in [0.2, 0.25) is 0 Å². The lowest BCUT2D eigenvalue weighted by molar-refractivity contribution is 0.0600. The van der Waals surface area contributed by atoms with Crippen LogP contribution in [0.15, 0.2) is 83.4 Å². The lowest BCUT2D eigenvalue weighted by Gasteiger charge is -2.26. The molecule has 0 radical (unpaired) electrons.